The highest BCUT2D eigenvalue weighted by atomic mass is 16.5. The van der Waals surface area contributed by atoms with Gasteiger partial charge in [0.25, 0.3) is 0 Å². The second-order valence-electron chi connectivity index (χ2n) is 5.75. The minimum atomic E-state index is -0.347. The van der Waals surface area contributed by atoms with E-state index in [4.69, 9.17) is 4.74 Å². The minimum Gasteiger partial charge on any atom is -0.458 e. The molecular formula is C12H22O2. The van der Waals surface area contributed by atoms with Gasteiger partial charge in [0.15, 0.2) is 0 Å². The molecular weight excluding hydrogens is 176 g/mol. The van der Waals surface area contributed by atoms with Crippen molar-refractivity contribution in [2.24, 2.45) is 10.8 Å². The molecule has 0 aromatic rings. The zero-order valence-corrected chi connectivity index (χ0v) is 10.2. The lowest BCUT2D eigenvalue weighted by Gasteiger charge is -2.39. The maximum atomic E-state index is 11.2. The molecule has 2 nitrogen and oxygen atoms in total. The van der Waals surface area contributed by atoms with Crippen LogP contribution in [0.25, 0.3) is 0 Å². The molecule has 0 aliphatic carbocycles. The maximum Gasteiger partial charge on any atom is 0.330 e. The first-order chi connectivity index (χ1) is 6.09. The quantitative estimate of drug-likeness (QED) is 0.503. The number of hydrogen-bond donors (Lipinski definition) is 0. The Morgan fingerprint density at radius 2 is 1.50 bits per heavy atom. The summed E-state index contributed by atoms with van der Waals surface area (Å²) < 4.78 is 5.37. The standard InChI is InChI=1S/C12H22O2/c1-8-9(13)14-10(11(2,3)4)12(5,6)7/h8,10H,1H2,2-7H3. The van der Waals surface area contributed by atoms with Crippen LogP contribution in [-0.4, -0.2) is 12.1 Å². The topological polar surface area (TPSA) is 26.3 Å². The fourth-order valence-corrected chi connectivity index (χ4v) is 1.82. The summed E-state index contributed by atoms with van der Waals surface area (Å²) in [5.41, 5.74) is -0.117. The van der Waals surface area contributed by atoms with Crippen LogP contribution in [0.3, 0.4) is 0 Å². The third-order valence-corrected chi connectivity index (χ3v) is 1.97. The number of rotatable bonds is 2. The fraction of sp³-hybridized carbons (Fsp3) is 0.750. The summed E-state index contributed by atoms with van der Waals surface area (Å²) >= 11 is 0. The van der Waals surface area contributed by atoms with Crippen LogP contribution in [0.1, 0.15) is 41.5 Å². The van der Waals surface area contributed by atoms with Gasteiger partial charge in [-0.2, -0.15) is 0 Å². The molecule has 0 saturated carbocycles. The lowest BCUT2D eigenvalue weighted by molar-refractivity contribution is -0.157. The summed E-state index contributed by atoms with van der Waals surface area (Å²) in [5.74, 6) is -0.347. The molecule has 0 radical (unpaired) electrons. The van der Waals surface area contributed by atoms with E-state index in [-0.39, 0.29) is 22.9 Å². The van der Waals surface area contributed by atoms with E-state index in [1.807, 2.05) is 0 Å². The van der Waals surface area contributed by atoms with E-state index >= 15 is 0 Å². The summed E-state index contributed by atoms with van der Waals surface area (Å²) in [6.07, 6.45) is 1.10. The Hall–Kier alpha value is -0.790. The normalized spacial score (nSPS) is 12.8. The molecule has 0 saturated heterocycles. The molecule has 0 heterocycles. The highest BCUT2D eigenvalue weighted by Gasteiger charge is 2.37. The predicted molar refractivity (Wildman–Crippen MR) is 59.0 cm³/mol. The van der Waals surface area contributed by atoms with Crippen molar-refractivity contribution in [3.8, 4) is 0 Å². The summed E-state index contributed by atoms with van der Waals surface area (Å²) in [5, 5.41) is 0. The van der Waals surface area contributed by atoms with Gasteiger partial charge in [-0.15, -0.1) is 0 Å². The first kappa shape index (κ1) is 13.2. The van der Waals surface area contributed by atoms with E-state index in [2.05, 4.69) is 48.1 Å². The Balaban J connectivity index is 4.76. The Bertz CT molecular complexity index is 201. The molecule has 2 heteroatoms. The van der Waals surface area contributed by atoms with Crippen molar-refractivity contribution in [1.82, 2.24) is 0 Å². The lowest BCUT2D eigenvalue weighted by atomic mass is 9.74. The third kappa shape index (κ3) is 3.95. The van der Waals surface area contributed by atoms with Crippen LogP contribution in [0.15, 0.2) is 12.7 Å². The molecule has 0 spiro atoms. The average molecular weight is 198 g/mol. The van der Waals surface area contributed by atoms with Crippen LogP contribution in [0.4, 0.5) is 0 Å². The molecule has 0 aromatic carbocycles. The van der Waals surface area contributed by atoms with Crippen LogP contribution in [-0.2, 0) is 9.53 Å². The molecule has 0 amide bonds. The molecule has 0 aliphatic heterocycles. The Labute approximate surface area is 87.3 Å². The predicted octanol–water partition coefficient (Wildman–Crippen LogP) is 3.18. The molecule has 0 aromatic heterocycles. The van der Waals surface area contributed by atoms with E-state index in [9.17, 15) is 4.79 Å². The summed E-state index contributed by atoms with van der Waals surface area (Å²) in [4.78, 5) is 11.2. The molecule has 0 atom stereocenters. The first-order valence-corrected chi connectivity index (χ1v) is 4.92. The molecule has 0 N–H and O–H groups in total. The van der Waals surface area contributed by atoms with Gasteiger partial charge in [-0.3, -0.25) is 0 Å². The average Bonchev–Trinajstić information content (AvgIpc) is 1.95. The summed E-state index contributed by atoms with van der Waals surface area (Å²) in [7, 11) is 0. The molecule has 14 heavy (non-hydrogen) atoms. The van der Waals surface area contributed by atoms with E-state index < -0.39 is 0 Å². The molecule has 82 valence electrons. The van der Waals surface area contributed by atoms with Gasteiger partial charge in [0.05, 0.1) is 0 Å². The maximum absolute atomic E-state index is 11.2. The number of carbonyl (C=O) groups is 1. The van der Waals surface area contributed by atoms with Gasteiger partial charge >= 0.3 is 5.97 Å². The molecule has 0 unspecified atom stereocenters. The highest BCUT2D eigenvalue weighted by Crippen LogP contribution is 2.35. The number of hydrogen-bond acceptors (Lipinski definition) is 2. The molecule has 0 aliphatic rings. The van der Waals surface area contributed by atoms with Gasteiger partial charge in [0, 0.05) is 6.08 Å². The number of esters is 1. The fourth-order valence-electron chi connectivity index (χ4n) is 1.82. The van der Waals surface area contributed by atoms with E-state index in [1.54, 1.807) is 0 Å². The summed E-state index contributed by atoms with van der Waals surface area (Å²) in [6, 6.07) is 0. The van der Waals surface area contributed by atoms with Crippen LogP contribution in [0, 0.1) is 10.8 Å². The molecule has 0 fully saturated rings. The van der Waals surface area contributed by atoms with Gasteiger partial charge in [0.1, 0.15) is 6.10 Å². The Kier molecular flexibility index (Phi) is 3.92. The van der Waals surface area contributed by atoms with E-state index in [0.29, 0.717) is 0 Å². The van der Waals surface area contributed by atoms with Crippen molar-refractivity contribution in [3.63, 3.8) is 0 Å². The smallest absolute Gasteiger partial charge is 0.330 e. The van der Waals surface area contributed by atoms with Crippen molar-refractivity contribution < 1.29 is 9.53 Å². The third-order valence-electron chi connectivity index (χ3n) is 1.97. The second-order valence-corrected chi connectivity index (χ2v) is 5.75. The lowest BCUT2D eigenvalue weighted by Crippen LogP contribution is -2.41. The van der Waals surface area contributed by atoms with E-state index in [1.165, 1.54) is 6.08 Å². The van der Waals surface area contributed by atoms with Crippen molar-refractivity contribution in [3.05, 3.63) is 12.7 Å². The first-order valence-electron chi connectivity index (χ1n) is 4.92. The van der Waals surface area contributed by atoms with E-state index in [0.717, 1.165) is 0 Å². The zero-order chi connectivity index (χ0) is 11.6. The molecule has 0 bridgehead atoms. The van der Waals surface area contributed by atoms with Crippen LogP contribution < -0.4 is 0 Å². The van der Waals surface area contributed by atoms with Gasteiger partial charge in [0.2, 0.25) is 0 Å². The largest absolute Gasteiger partial charge is 0.458 e. The van der Waals surface area contributed by atoms with Gasteiger partial charge in [-0.25, -0.2) is 4.79 Å². The summed E-state index contributed by atoms with van der Waals surface area (Å²) in [6.45, 7) is 15.8. The molecule has 0 rings (SSSR count). The number of carbonyl (C=O) groups excluding carboxylic acids is 1. The van der Waals surface area contributed by atoms with Crippen molar-refractivity contribution >= 4 is 5.97 Å². The van der Waals surface area contributed by atoms with Crippen molar-refractivity contribution in [1.29, 1.82) is 0 Å². The zero-order valence-electron chi connectivity index (χ0n) is 10.2. The van der Waals surface area contributed by atoms with Gasteiger partial charge in [-0.05, 0) is 10.8 Å². The van der Waals surface area contributed by atoms with Crippen LogP contribution >= 0.6 is 0 Å². The Morgan fingerprint density at radius 1 is 1.14 bits per heavy atom. The van der Waals surface area contributed by atoms with Gasteiger partial charge in [-0.1, -0.05) is 48.1 Å². The monoisotopic (exact) mass is 198 g/mol. The van der Waals surface area contributed by atoms with Gasteiger partial charge < -0.3 is 4.74 Å². The SMILES string of the molecule is C=CC(=O)OC(C(C)(C)C)C(C)(C)C. The van der Waals surface area contributed by atoms with Crippen LogP contribution in [0.2, 0.25) is 0 Å². The highest BCUT2D eigenvalue weighted by molar-refractivity contribution is 5.81. The van der Waals surface area contributed by atoms with Crippen LogP contribution in [0.5, 0.6) is 0 Å². The minimum absolute atomic E-state index is 0.0586. The number of ether oxygens (including phenoxy) is 1. The van der Waals surface area contributed by atoms with Crippen molar-refractivity contribution in [2.45, 2.75) is 47.6 Å². The van der Waals surface area contributed by atoms with Crippen molar-refractivity contribution in [2.75, 3.05) is 0 Å². The Morgan fingerprint density at radius 3 is 1.71 bits per heavy atom. The second kappa shape index (κ2) is 4.16.